The van der Waals surface area contributed by atoms with Gasteiger partial charge in [-0.3, -0.25) is 9.59 Å². The van der Waals surface area contributed by atoms with Crippen molar-refractivity contribution in [2.24, 2.45) is 5.73 Å². The molecule has 128 valence electrons. The number of ether oxygens (including phenoxy) is 1. The van der Waals surface area contributed by atoms with E-state index in [0.717, 1.165) is 0 Å². The Hall–Kier alpha value is -1.45. The zero-order valence-corrected chi connectivity index (χ0v) is 15.4. The van der Waals surface area contributed by atoms with Crippen LogP contribution in [0.25, 0.3) is 0 Å². The van der Waals surface area contributed by atoms with Crippen LogP contribution in [0.1, 0.15) is 27.2 Å². The molecular weight excluding hydrogens is 388 g/mol. The van der Waals surface area contributed by atoms with Crippen LogP contribution < -0.4 is 10.5 Å². The molecule has 0 aliphatic carbocycles. The second-order valence-electron chi connectivity index (χ2n) is 5.80. The smallest absolute Gasteiger partial charge is 0.308 e. The lowest BCUT2D eigenvalue weighted by molar-refractivity contribution is -0.156. The summed E-state index contributed by atoms with van der Waals surface area (Å²) in [5.41, 5.74) is 4.44. The molecule has 0 fully saturated rings. The molecule has 0 radical (unpaired) electrons. The van der Waals surface area contributed by atoms with Crippen molar-refractivity contribution < 1.29 is 22.7 Å². The van der Waals surface area contributed by atoms with E-state index >= 15 is 0 Å². The molecule has 1 amide bonds. The average molecular weight is 407 g/mol. The second kappa shape index (κ2) is 7.41. The van der Waals surface area contributed by atoms with Crippen LogP contribution in [-0.2, 0) is 24.3 Å². The van der Waals surface area contributed by atoms with Gasteiger partial charge < -0.3 is 10.5 Å². The number of esters is 1. The number of amides is 1. The topological polar surface area (TPSA) is 116 Å². The van der Waals surface area contributed by atoms with Crippen molar-refractivity contribution >= 4 is 37.8 Å². The summed E-state index contributed by atoms with van der Waals surface area (Å²) in [6, 6.07) is 4.68. The molecular formula is C14H19BrN2O5S. The zero-order chi connectivity index (χ0) is 17.8. The summed E-state index contributed by atoms with van der Waals surface area (Å²) in [5, 5.41) is 0. The van der Waals surface area contributed by atoms with Crippen molar-refractivity contribution in [3.8, 4) is 0 Å². The highest BCUT2D eigenvalue weighted by Crippen LogP contribution is 2.21. The van der Waals surface area contributed by atoms with Crippen LogP contribution in [0.4, 0.5) is 0 Å². The molecule has 0 aliphatic rings. The minimum atomic E-state index is -4.03. The fourth-order valence-electron chi connectivity index (χ4n) is 1.66. The highest BCUT2D eigenvalue weighted by Gasteiger charge is 2.29. The van der Waals surface area contributed by atoms with Gasteiger partial charge in [0.05, 0.1) is 11.3 Å². The first-order valence-electron chi connectivity index (χ1n) is 6.70. The minimum Gasteiger partial charge on any atom is -0.460 e. The van der Waals surface area contributed by atoms with Crippen LogP contribution in [0.15, 0.2) is 33.6 Å². The van der Waals surface area contributed by atoms with Crippen LogP contribution in [0.3, 0.4) is 0 Å². The molecule has 0 saturated heterocycles. The van der Waals surface area contributed by atoms with E-state index in [2.05, 4.69) is 20.7 Å². The van der Waals surface area contributed by atoms with Crippen LogP contribution in [-0.4, -0.2) is 31.9 Å². The van der Waals surface area contributed by atoms with E-state index in [1.807, 2.05) is 0 Å². The standard InChI is InChI=1S/C14H19BrN2O5S/c1-14(2,3)22-12(18)8-10(13(16)19)17-23(20,21)11-7-5-4-6-9(11)15/h4-7,10,17H,8H2,1-3H3,(H2,16,19)/t10-/m0/s1. The van der Waals surface area contributed by atoms with Gasteiger partial charge in [-0.05, 0) is 48.8 Å². The molecule has 0 spiro atoms. The maximum absolute atomic E-state index is 12.3. The second-order valence-corrected chi connectivity index (χ2v) is 8.33. The van der Waals surface area contributed by atoms with E-state index in [1.165, 1.54) is 12.1 Å². The molecule has 0 saturated carbocycles. The number of carbonyl (C=O) groups is 2. The van der Waals surface area contributed by atoms with Gasteiger partial charge in [0.2, 0.25) is 15.9 Å². The molecule has 0 aromatic heterocycles. The first-order valence-corrected chi connectivity index (χ1v) is 8.98. The first kappa shape index (κ1) is 19.6. The van der Waals surface area contributed by atoms with Gasteiger partial charge in [0.15, 0.2) is 0 Å². The normalized spacial score (nSPS) is 13.4. The third kappa shape index (κ3) is 6.28. The van der Waals surface area contributed by atoms with Gasteiger partial charge in [0, 0.05) is 4.47 Å². The molecule has 3 N–H and O–H groups in total. The largest absolute Gasteiger partial charge is 0.460 e. The van der Waals surface area contributed by atoms with Crippen LogP contribution in [0.2, 0.25) is 0 Å². The van der Waals surface area contributed by atoms with Crippen molar-refractivity contribution in [3.63, 3.8) is 0 Å². The van der Waals surface area contributed by atoms with Crippen LogP contribution in [0, 0.1) is 0 Å². The lowest BCUT2D eigenvalue weighted by atomic mass is 10.1. The molecule has 0 bridgehead atoms. The average Bonchev–Trinajstić information content (AvgIpc) is 2.35. The molecule has 7 nitrogen and oxygen atoms in total. The number of nitrogens with two attached hydrogens (primary N) is 1. The van der Waals surface area contributed by atoms with Crippen LogP contribution in [0.5, 0.6) is 0 Å². The number of nitrogens with one attached hydrogen (secondary N) is 1. The Kier molecular flexibility index (Phi) is 6.32. The SMILES string of the molecule is CC(C)(C)OC(=O)C[C@H](NS(=O)(=O)c1ccccc1Br)C(N)=O. The molecule has 0 unspecified atom stereocenters. The van der Waals surface area contributed by atoms with E-state index in [9.17, 15) is 18.0 Å². The van der Waals surface area contributed by atoms with Crippen LogP contribution >= 0.6 is 15.9 Å². The summed E-state index contributed by atoms with van der Waals surface area (Å²) >= 11 is 3.12. The number of hydrogen-bond acceptors (Lipinski definition) is 5. The van der Waals surface area contributed by atoms with Crippen molar-refractivity contribution in [2.75, 3.05) is 0 Å². The minimum absolute atomic E-state index is 0.0598. The van der Waals surface area contributed by atoms with Crippen molar-refractivity contribution in [2.45, 2.75) is 43.7 Å². The molecule has 1 rings (SSSR count). The van der Waals surface area contributed by atoms with Gasteiger partial charge in [0.25, 0.3) is 0 Å². The third-order valence-electron chi connectivity index (χ3n) is 2.56. The predicted octanol–water partition coefficient (Wildman–Crippen LogP) is 1.31. The third-order valence-corrected chi connectivity index (χ3v) is 5.04. The Balaban J connectivity index is 2.94. The quantitative estimate of drug-likeness (QED) is 0.690. The van der Waals surface area contributed by atoms with E-state index < -0.39 is 40.0 Å². The maximum Gasteiger partial charge on any atom is 0.308 e. The fourth-order valence-corrected chi connectivity index (χ4v) is 3.87. The van der Waals surface area contributed by atoms with E-state index in [4.69, 9.17) is 10.5 Å². The van der Waals surface area contributed by atoms with Gasteiger partial charge in [0.1, 0.15) is 11.6 Å². The Morgan fingerprint density at radius 1 is 1.30 bits per heavy atom. The number of halogens is 1. The number of carbonyl (C=O) groups excluding carboxylic acids is 2. The number of sulfonamides is 1. The number of primary amides is 1. The molecule has 23 heavy (non-hydrogen) atoms. The maximum atomic E-state index is 12.3. The molecule has 1 aromatic carbocycles. The Morgan fingerprint density at radius 2 is 1.87 bits per heavy atom. The Labute approximate surface area is 143 Å². The van der Waals surface area contributed by atoms with Crippen molar-refractivity contribution in [1.29, 1.82) is 0 Å². The molecule has 1 atom stereocenters. The Morgan fingerprint density at radius 3 is 2.35 bits per heavy atom. The van der Waals surface area contributed by atoms with Gasteiger partial charge in [-0.25, -0.2) is 8.42 Å². The van der Waals surface area contributed by atoms with E-state index in [0.29, 0.717) is 4.47 Å². The zero-order valence-electron chi connectivity index (χ0n) is 13.0. The molecule has 0 heterocycles. The molecule has 1 aromatic rings. The number of hydrogen-bond donors (Lipinski definition) is 2. The Bertz CT molecular complexity index is 697. The summed E-state index contributed by atoms with van der Waals surface area (Å²) in [7, 11) is -4.03. The van der Waals surface area contributed by atoms with Gasteiger partial charge in [-0.1, -0.05) is 12.1 Å². The lowest BCUT2D eigenvalue weighted by Crippen LogP contribution is -2.46. The van der Waals surface area contributed by atoms with Crippen molar-refractivity contribution in [3.05, 3.63) is 28.7 Å². The summed E-state index contributed by atoms with van der Waals surface area (Å²) in [6.07, 6.45) is -0.490. The molecule has 9 heteroatoms. The first-order chi connectivity index (χ1) is 10.4. The van der Waals surface area contributed by atoms with Crippen molar-refractivity contribution in [1.82, 2.24) is 4.72 Å². The summed E-state index contributed by atoms with van der Waals surface area (Å²) in [6.45, 7) is 4.99. The van der Waals surface area contributed by atoms with Gasteiger partial charge in [-0.15, -0.1) is 0 Å². The van der Waals surface area contributed by atoms with Gasteiger partial charge in [-0.2, -0.15) is 4.72 Å². The fraction of sp³-hybridized carbons (Fsp3) is 0.429. The van der Waals surface area contributed by atoms with E-state index in [-0.39, 0.29) is 4.90 Å². The summed E-state index contributed by atoms with van der Waals surface area (Å²) in [4.78, 5) is 23.2. The monoisotopic (exact) mass is 406 g/mol. The number of benzene rings is 1. The van der Waals surface area contributed by atoms with E-state index in [1.54, 1.807) is 32.9 Å². The summed E-state index contributed by atoms with van der Waals surface area (Å²) in [5.74, 6) is -1.69. The molecule has 0 aliphatic heterocycles. The summed E-state index contributed by atoms with van der Waals surface area (Å²) < 4.78 is 32.2. The lowest BCUT2D eigenvalue weighted by Gasteiger charge is -2.21. The highest BCUT2D eigenvalue weighted by molar-refractivity contribution is 9.10. The highest BCUT2D eigenvalue weighted by atomic mass is 79.9. The number of rotatable bonds is 6. The van der Waals surface area contributed by atoms with Gasteiger partial charge >= 0.3 is 5.97 Å². The predicted molar refractivity (Wildman–Crippen MR) is 87.9 cm³/mol.